The van der Waals surface area contributed by atoms with Gasteiger partial charge in [-0.1, -0.05) is 32.9 Å². The zero-order valence-corrected chi connectivity index (χ0v) is 15.5. The van der Waals surface area contributed by atoms with E-state index in [2.05, 4.69) is 15.6 Å². The van der Waals surface area contributed by atoms with Crippen LogP contribution in [-0.4, -0.2) is 16.8 Å². The lowest BCUT2D eigenvalue weighted by molar-refractivity contribution is -0.123. The highest BCUT2D eigenvalue weighted by atomic mass is 32.1. The topological polar surface area (TPSA) is 84.2 Å². The number of hydrogen-bond acceptors (Lipinski definition) is 5. The van der Waals surface area contributed by atoms with Gasteiger partial charge >= 0.3 is 0 Å². The molecule has 6 nitrogen and oxygen atoms in total. The van der Waals surface area contributed by atoms with Gasteiger partial charge in [0.25, 0.3) is 5.91 Å². The summed E-state index contributed by atoms with van der Waals surface area (Å²) in [6.07, 6.45) is 2.83. The van der Waals surface area contributed by atoms with E-state index in [9.17, 15) is 9.59 Å². The lowest BCUT2D eigenvalue weighted by atomic mass is 9.95. The van der Waals surface area contributed by atoms with Crippen LogP contribution in [0.5, 0.6) is 0 Å². The SMILES string of the molecule is CC(C)(C)C(=O)Nc1ccc(-c2csc(NC(=O)c3ccoc3)n2)cc1. The van der Waals surface area contributed by atoms with E-state index in [1.165, 1.54) is 23.9 Å². The molecule has 0 fully saturated rings. The number of nitrogens with one attached hydrogen (secondary N) is 2. The first-order chi connectivity index (χ1) is 12.3. The summed E-state index contributed by atoms with van der Waals surface area (Å²) in [6, 6.07) is 9.03. The molecule has 0 aliphatic heterocycles. The van der Waals surface area contributed by atoms with Crippen LogP contribution in [0.4, 0.5) is 10.8 Å². The highest BCUT2D eigenvalue weighted by Gasteiger charge is 2.21. The molecule has 2 amide bonds. The number of carbonyl (C=O) groups is 2. The maximum atomic E-state index is 12.0. The van der Waals surface area contributed by atoms with Crippen molar-refractivity contribution < 1.29 is 14.0 Å². The molecule has 3 aromatic rings. The number of furan rings is 1. The standard InChI is InChI=1S/C19H19N3O3S/c1-19(2,3)17(24)20-14-6-4-12(5-7-14)15-11-26-18(21-15)22-16(23)13-8-9-25-10-13/h4-11H,1-3H3,(H,20,24)(H,21,22,23). The Kier molecular flexibility index (Phi) is 4.90. The Balaban J connectivity index is 1.67. The van der Waals surface area contributed by atoms with Gasteiger partial charge < -0.3 is 9.73 Å². The van der Waals surface area contributed by atoms with E-state index in [1.54, 1.807) is 6.07 Å². The molecule has 0 spiro atoms. The van der Waals surface area contributed by atoms with Gasteiger partial charge in [-0.25, -0.2) is 4.98 Å². The zero-order chi connectivity index (χ0) is 18.7. The third-order valence-electron chi connectivity index (χ3n) is 3.63. The first-order valence-corrected chi connectivity index (χ1v) is 8.92. The number of amides is 2. The predicted octanol–water partition coefficient (Wildman–Crippen LogP) is 4.64. The van der Waals surface area contributed by atoms with E-state index >= 15 is 0 Å². The molecule has 0 bridgehead atoms. The van der Waals surface area contributed by atoms with Crippen LogP contribution in [0.15, 0.2) is 52.7 Å². The van der Waals surface area contributed by atoms with Crippen molar-refractivity contribution in [1.82, 2.24) is 4.98 Å². The number of aromatic nitrogens is 1. The Morgan fingerprint density at radius 3 is 2.42 bits per heavy atom. The van der Waals surface area contributed by atoms with E-state index in [0.29, 0.717) is 10.7 Å². The van der Waals surface area contributed by atoms with Crippen LogP contribution in [0.1, 0.15) is 31.1 Å². The molecular weight excluding hydrogens is 350 g/mol. The van der Waals surface area contributed by atoms with E-state index in [4.69, 9.17) is 4.42 Å². The number of rotatable bonds is 4. The van der Waals surface area contributed by atoms with Crippen molar-refractivity contribution in [2.75, 3.05) is 10.6 Å². The largest absolute Gasteiger partial charge is 0.472 e. The van der Waals surface area contributed by atoms with Gasteiger partial charge in [0.15, 0.2) is 5.13 Å². The molecule has 0 atom stereocenters. The number of anilines is 2. The molecule has 0 saturated heterocycles. The molecule has 2 heterocycles. The third kappa shape index (κ3) is 4.18. The second-order valence-corrected chi connectivity index (χ2v) is 7.64. The van der Waals surface area contributed by atoms with Gasteiger partial charge in [0.2, 0.25) is 5.91 Å². The fourth-order valence-corrected chi connectivity index (χ4v) is 2.78. The molecule has 0 saturated carbocycles. The summed E-state index contributed by atoms with van der Waals surface area (Å²) in [7, 11) is 0. The van der Waals surface area contributed by atoms with Gasteiger partial charge in [-0.05, 0) is 18.2 Å². The molecule has 7 heteroatoms. The highest BCUT2D eigenvalue weighted by molar-refractivity contribution is 7.14. The Bertz CT molecular complexity index is 906. The van der Waals surface area contributed by atoms with Gasteiger partial charge in [0.1, 0.15) is 6.26 Å². The Hall–Kier alpha value is -2.93. The van der Waals surface area contributed by atoms with E-state index in [-0.39, 0.29) is 11.8 Å². The van der Waals surface area contributed by atoms with Crippen LogP contribution >= 0.6 is 11.3 Å². The quantitative estimate of drug-likeness (QED) is 0.702. The molecule has 0 aliphatic carbocycles. The molecule has 2 N–H and O–H groups in total. The minimum Gasteiger partial charge on any atom is -0.472 e. The summed E-state index contributed by atoms with van der Waals surface area (Å²) < 4.78 is 4.90. The summed E-state index contributed by atoms with van der Waals surface area (Å²) in [6.45, 7) is 5.60. The Morgan fingerprint density at radius 2 is 1.81 bits per heavy atom. The lowest BCUT2D eigenvalue weighted by Crippen LogP contribution is -2.27. The average Bonchev–Trinajstić information content (AvgIpc) is 3.26. The number of hydrogen-bond donors (Lipinski definition) is 2. The Morgan fingerprint density at radius 1 is 1.08 bits per heavy atom. The predicted molar refractivity (Wildman–Crippen MR) is 102 cm³/mol. The van der Waals surface area contributed by atoms with Crippen molar-refractivity contribution in [1.29, 1.82) is 0 Å². The zero-order valence-electron chi connectivity index (χ0n) is 14.7. The number of benzene rings is 1. The molecule has 2 aromatic heterocycles. The highest BCUT2D eigenvalue weighted by Crippen LogP contribution is 2.27. The maximum absolute atomic E-state index is 12.0. The van der Waals surface area contributed by atoms with Crippen LogP contribution in [-0.2, 0) is 4.79 Å². The minimum atomic E-state index is -0.449. The molecule has 0 unspecified atom stereocenters. The maximum Gasteiger partial charge on any atom is 0.260 e. The molecule has 1 aromatic carbocycles. The van der Waals surface area contributed by atoms with Crippen molar-refractivity contribution in [2.24, 2.45) is 5.41 Å². The third-order valence-corrected chi connectivity index (χ3v) is 4.39. The van der Waals surface area contributed by atoms with E-state index in [1.807, 2.05) is 50.4 Å². The van der Waals surface area contributed by atoms with Crippen molar-refractivity contribution in [3.8, 4) is 11.3 Å². The van der Waals surface area contributed by atoms with Gasteiger partial charge in [-0.15, -0.1) is 11.3 Å². The van der Waals surface area contributed by atoms with Crippen LogP contribution in [0.3, 0.4) is 0 Å². The van der Waals surface area contributed by atoms with Crippen molar-refractivity contribution in [3.05, 3.63) is 53.8 Å². The molecule has 3 rings (SSSR count). The van der Waals surface area contributed by atoms with Crippen LogP contribution in [0.2, 0.25) is 0 Å². The summed E-state index contributed by atoms with van der Waals surface area (Å²) >= 11 is 1.34. The first-order valence-electron chi connectivity index (χ1n) is 8.04. The van der Waals surface area contributed by atoms with Crippen LogP contribution in [0.25, 0.3) is 11.3 Å². The Labute approximate surface area is 155 Å². The van der Waals surface area contributed by atoms with Crippen molar-refractivity contribution in [3.63, 3.8) is 0 Å². The molecule has 134 valence electrons. The summed E-state index contributed by atoms with van der Waals surface area (Å²) in [5, 5.41) is 8.00. The van der Waals surface area contributed by atoms with Crippen molar-refractivity contribution in [2.45, 2.75) is 20.8 Å². The summed E-state index contributed by atoms with van der Waals surface area (Å²) in [4.78, 5) is 28.5. The second-order valence-electron chi connectivity index (χ2n) is 6.79. The van der Waals surface area contributed by atoms with Gasteiger partial charge in [-0.3, -0.25) is 14.9 Å². The second kappa shape index (κ2) is 7.13. The molecular formula is C19H19N3O3S. The molecule has 0 radical (unpaired) electrons. The fraction of sp³-hybridized carbons (Fsp3) is 0.211. The van der Waals surface area contributed by atoms with Gasteiger partial charge in [-0.2, -0.15) is 0 Å². The fourth-order valence-electron chi connectivity index (χ4n) is 2.07. The monoisotopic (exact) mass is 369 g/mol. The van der Waals surface area contributed by atoms with E-state index < -0.39 is 5.41 Å². The molecule has 26 heavy (non-hydrogen) atoms. The van der Waals surface area contributed by atoms with Gasteiger partial charge in [0.05, 0.1) is 17.5 Å². The molecule has 0 aliphatic rings. The minimum absolute atomic E-state index is 0.0387. The summed E-state index contributed by atoms with van der Waals surface area (Å²) in [5.74, 6) is -0.303. The average molecular weight is 369 g/mol. The number of nitrogens with zero attached hydrogens (tertiary/aromatic N) is 1. The smallest absolute Gasteiger partial charge is 0.260 e. The van der Waals surface area contributed by atoms with Gasteiger partial charge in [0, 0.05) is 22.0 Å². The lowest BCUT2D eigenvalue weighted by Gasteiger charge is -2.17. The van der Waals surface area contributed by atoms with Crippen LogP contribution in [0, 0.1) is 5.41 Å². The van der Waals surface area contributed by atoms with Crippen molar-refractivity contribution >= 4 is 34.0 Å². The van der Waals surface area contributed by atoms with E-state index in [0.717, 1.165) is 16.9 Å². The normalized spacial score (nSPS) is 11.2. The summed E-state index contributed by atoms with van der Waals surface area (Å²) in [5.41, 5.74) is 2.39. The van der Waals surface area contributed by atoms with Crippen LogP contribution < -0.4 is 10.6 Å². The first kappa shape index (κ1) is 17.9. The number of carbonyl (C=O) groups excluding carboxylic acids is 2. The number of thiazole rings is 1.